The van der Waals surface area contributed by atoms with E-state index in [1.54, 1.807) is 6.07 Å². The van der Waals surface area contributed by atoms with E-state index in [1.165, 1.54) is 19.2 Å². The summed E-state index contributed by atoms with van der Waals surface area (Å²) in [5.74, 6) is -0.861. The first-order chi connectivity index (χ1) is 8.11. The third-order valence-corrected chi connectivity index (χ3v) is 2.42. The van der Waals surface area contributed by atoms with E-state index in [0.717, 1.165) is 18.2 Å². The maximum atomic E-state index is 13.5. The summed E-state index contributed by atoms with van der Waals surface area (Å²) in [6, 6.07) is 7.48. The Kier molecular flexibility index (Phi) is 2.95. The number of phenolic OH excluding ortho intramolecular Hbond substituents is 1. The SMILES string of the molecule is COc1ccc(-c2cc(F)ccc2F)c(O)c1. The summed E-state index contributed by atoms with van der Waals surface area (Å²) in [4.78, 5) is 0. The van der Waals surface area contributed by atoms with Crippen molar-refractivity contribution in [3.63, 3.8) is 0 Å². The standard InChI is InChI=1S/C13H10F2O2/c1-17-9-3-4-10(13(16)7-9)11-6-8(14)2-5-12(11)15/h2-7,16H,1H3. The van der Waals surface area contributed by atoms with Crippen LogP contribution in [0.15, 0.2) is 36.4 Å². The van der Waals surface area contributed by atoms with Gasteiger partial charge < -0.3 is 9.84 Å². The molecule has 0 aromatic heterocycles. The van der Waals surface area contributed by atoms with Crippen molar-refractivity contribution in [2.45, 2.75) is 0 Å². The van der Waals surface area contributed by atoms with Gasteiger partial charge in [-0.2, -0.15) is 0 Å². The highest BCUT2D eigenvalue weighted by Gasteiger charge is 2.11. The molecule has 0 bridgehead atoms. The lowest BCUT2D eigenvalue weighted by Gasteiger charge is -2.08. The molecule has 0 amide bonds. The highest BCUT2D eigenvalue weighted by Crippen LogP contribution is 2.34. The number of ether oxygens (including phenoxy) is 1. The fourth-order valence-corrected chi connectivity index (χ4v) is 1.57. The van der Waals surface area contributed by atoms with Crippen molar-refractivity contribution in [1.82, 2.24) is 0 Å². The number of benzene rings is 2. The van der Waals surface area contributed by atoms with Gasteiger partial charge in [-0.25, -0.2) is 8.78 Å². The molecule has 2 aromatic carbocycles. The molecule has 0 unspecified atom stereocenters. The highest BCUT2D eigenvalue weighted by molar-refractivity contribution is 5.71. The smallest absolute Gasteiger partial charge is 0.131 e. The summed E-state index contributed by atoms with van der Waals surface area (Å²) in [6.07, 6.45) is 0. The largest absolute Gasteiger partial charge is 0.507 e. The van der Waals surface area contributed by atoms with Gasteiger partial charge in [0, 0.05) is 17.2 Å². The number of hydrogen-bond acceptors (Lipinski definition) is 2. The molecule has 17 heavy (non-hydrogen) atoms. The molecular weight excluding hydrogens is 226 g/mol. The van der Waals surface area contributed by atoms with Gasteiger partial charge in [0.25, 0.3) is 0 Å². The van der Waals surface area contributed by atoms with Gasteiger partial charge in [-0.15, -0.1) is 0 Å². The van der Waals surface area contributed by atoms with Crippen LogP contribution in [0.3, 0.4) is 0 Å². The molecule has 0 saturated heterocycles. The molecule has 0 aliphatic carbocycles. The van der Waals surface area contributed by atoms with Crippen LogP contribution in [-0.4, -0.2) is 12.2 Å². The Hall–Kier alpha value is -2.10. The molecule has 1 N–H and O–H groups in total. The number of hydrogen-bond donors (Lipinski definition) is 1. The average Bonchev–Trinajstić information content (AvgIpc) is 2.32. The summed E-state index contributed by atoms with van der Waals surface area (Å²) in [5.41, 5.74) is 0.243. The minimum absolute atomic E-state index is 0.0187. The lowest BCUT2D eigenvalue weighted by Crippen LogP contribution is -1.88. The molecule has 4 heteroatoms. The third kappa shape index (κ3) is 2.20. The second kappa shape index (κ2) is 4.41. The van der Waals surface area contributed by atoms with Crippen LogP contribution in [0.5, 0.6) is 11.5 Å². The first-order valence-electron chi connectivity index (χ1n) is 4.94. The van der Waals surface area contributed by atoms with E-state index >= 15 is 0 Å². The predicted octanol–water partition coefficient (Wildman–Crippen LogP) is 3.35. The second-order valence-corrected chi connectivity index (χ2v) is 3.51. The molecule has 88 valence electrons. The van der Waals surface area contributed by atoms with Crippen molar-refractivity contribution in [3.05, 3.63) is 48.0 Å². The molecule has 2 rings (SSSR count). The number of aromatic hydroxyl groups is 1. The molecule has 2 aromatic rings. The van der Waals surface area contributed by atoms with Crippen molar-refractivity contribution in [3.8, 4) is 22.6 Å². The number of phenols is 1. The minimum atomic E-state index is -0.591. The summed E-state index contributed by atoms with van der Waals surface area (Å²) < 4.78 is 31.5. The van der Waals surface area contributed by atoms with Crippen LogP contribution in [0, 0.1) is 11.6 Å². The Morgan fingerprint density at radius 2 is 1.76 bits per heavy atom. The van der Waals surface area contributed by atoms with Gasteiger partial charge in [-0.1, -0.05) is 0 Å². The number of rotatable bonds is 2. The zero-order valence-electron chi connectivity index (χ0n) is 9.08. The van der Waals surface area contributed by atoms with Crippen LogP contribution in [0.2, 0.25) is 0 Å². The van der Waals surface area contributed by atoms with Crippen molar-refractivity contribution >= 4 is 0 Å². The lowest BCUT2D eigenvalue weighted by atomic mass is 10.0. The quantitative estimate of drug-likeness (QED) is 0.866. The predicted molar refractivity (Wildman–Crippen MR) is 60.0 cm³/mol. The van der Waals surface area contributed by atoms with Crippen molar-refractivity contribution in [1.29, 1.82) is 0 Å². The monoisotopic (exact) mass is 236 g/mol. The van der Waals surface area contributed by atoms with Gasteiger partial charge in [-0.3, -0.25) is 0 Å². The van der Waals surface area contributed by atoms with Gasteiger partial charge >= 0.3 is 0 Å². The molecule has 2 nitrogen and oxygen atoms in total. The van der Waals surface area contributed by atoms with Crippen LogP contribution in [-0.2, 0) is 0 Å². The summed E-state index contributed by atoms with van der Waals surface area (Å²) in [7, 11) is 1.46. The zero-order chi connectivity index (χ0) is 12.4. The second-order valence-electron chi connectivity index (χ2n) is 3.51. The fourth-order valence-electron chi connectivity index (χ4n) is 1.57. The van der Waals surface area contributed by atoms with Gasteiger partial charge in [-0.05, 0) is 30.3 Å². The Bertz CT molecular complexity index is 553. The van der Waals surface area contributed by atoms with Gasteiger partial charge in [0.1, 0.15) is 23.1 Å². The van der Waals surface area contributed by atoms with Crippen molar-refractivity contribution in [2.75, 3.05) is 7.11 Å². The van der Waals surface area contributed by atoms with E-state index in [0.29, 0.717) is 5.75 Å². The Labute approximate surface area is 97.1 Å². The van der Waals surface area contributed by atoms with Crippen LogP contribution in [0.1, 0.15) is 0 Å². The van der Waals surface area contributed by atoms with Crippen LogP contribution in [0.25, 0.3) is 11.1 Å². The van der Waals surface area contributed by atoms with E-state index in [2.05, 4.69) is 0 Å². The summed E-state index contributed by atoms with van der Waals surface area (Å²) in [5, 5.41) is 9.72. The zero-order valence-corrected chi connectivity index (χ0v) is 9.08. The molecule has 0 aliphatic rings. The average molecular weight is 236 g/mol. The van der Waals surface area contributed by atoms with Crippen LogP contribution in [0.4, 0.5) is 8.78 Å². The molecule has 0 fully saturated rings. The highest BCUT2D eigenvalue weighted by atomic mass is 19.1. The van der Waals surface area contributed by atoms with Crippen molar-refractivity contribution in [2.24, 2.45) is 0 Å². The maximum absolute atomic E-state index is 13.5. The molecule has 0 saturated carbocycles. The fraction of sp³-hybridized carbons (Fsp3) is 0.0769. The third-order valence-electron chi connectivity index (χ3n) is 2.42. The summed E-state index contributed by atoms with van der Waals surface area (Å²) >= 11 is 0. The van der Waals surface area contributed by atoms with Gasteiger partial charge in [0.2, 0.25) is 0 Å². The lowest BCUT2D eigenvalue weighted by molar-refractivity contribution is 0.408. The van der Waals surface area contributed by atoms with Crippen LogP contribution < -0.4 is 4.74 Å². The minimum Gasteiger partial charge on any atom is -0.507 e. The molecule has 0 heterocycles. The van der Waals surface area contributed by atoms with Gasteiger partial charge in [0.05, 0.1) is 7.11 Å². The Balaban J connectivity index is 2.56. The maximum Gasteiger partial charge on any atom is 0.131 e. The molecule has 0 radical (unpaired) electrons. The normalized spacial score (nSPS) is 10.3. The summed E-state index contributed by atoms with van der Waals surface area (Å²) in [6.45, 7) is 0. The first-order valence-corrected chi connectivity index (χ1v) is 4.94. The molecule has 0 spiro atoms. The van der Waals surface area contributed by atoms with Crippen molar-refractivity contribution < 1.29 is 18.6 Å². The van der Waals surface area contributed by atoms with E-state index in [1.807, 2.05) is 0 Å². The van der Waals surface area contributed by atoms with E-state index in [-0.39, 0.29) is 16.9 Å². The molecular formula is C13H10F2O2. The molecule has 0 aliphatic heterocycles. The van der Waals surface area contributed by atoms with Gasteiger partial charge in [0.15, 0.2) is 0 Å². The number of methoxy groups -OCH3 is 1. The van der Waals surface area contributed by atoms with Crippen LogP contribution >= 0.6 is 0 Å². The Morgan fingerprint density at radius 1 is 1.00 bits per heavy atom. The van der Waals surface area contributed by atoms with E-state index < -0.39 is 11.6 Å². The molecule has 0 atom stereocenters. The first kappa shape index (κ1) is 11.4. The Morgan fingerprint density at radius 3 is 2.41 bits per heavy atom. The number of halogens is 2. The van der Waals surface area contributed by atoms with E-state index in [4.69, 9.17) is 4.74 Å². The topological polar surface area (TPSA) is 29.5 Å². The van der Waals surface area contributed by atoms with E-state index in [9.17, 15) is 13.9 Å².